The zero-order valence-electron chi connectivity index (χ0n) is 51.4. The Morgan fingerprint density at radius 2 is 0.600 bits per heavy atom. The zero-order valence-corrected chi connectivity index (χ0v) is 56.3. The van der Waals surface area contributed by atoms with E-state index >= 15 is 0 Å². The fourth-order valence-electron chi connectivity index (χ4n) is 18.0. The van der Waals surface area contributed by atoms with Crippen LogP contribution in [0.2, 0.25) is 0 Å². The van der Waals surface area contributed by atoms with E-state index in [0.717, 1.165) is 66.1 Å². The van der Waals surface area contributed by atoms with Crippen LogP contribution in [0.1, 0.15) is 45.9 Å². The molecule has 8 aromatic heterocycles. The van der Waals surface area contributed by atoms with Crippen LogP contribution in [0.3, 0.4) is 0 Å². The zero-order chi connectivity index (χ0) is 64.5. The van der Waals surface area contributed by atoms with Crippen molar-refractivity contribution >= 4 is 162 Å². The predicted molar refractivity (Wildman–Crippen MR) is 381 cm³/mol. The van der Waals surface area contributed by atoms with Gasteiger partial charge in [0.05, 0.1) is 77.2 Å². The number of thioether (sulfide) groups is 6. The molecule has 24 nitrogen and oxygen atoms in total. The van der Waals surface area contributed by atoms with Crippen molar-refractivity contribution in [3.8, 4) is 11.8 Å². The number of hydrogen-bond donors (Lipinski definition) is 0. The smallest absolute Gasteiger partial charge is 0.240 e. The highest BCUT2D eigenvalue weighted by atomic mass is 32.2. The lowest BCUT2D eigenvalue weighted by Gasteiger charge is -2.28. The monoisotopic (exact) mass is 1410 g/mol. The molecular weight excluding hydrogens is 1370 g/mol. The van der Waals surface area contributed by atoms with E-state index in [2.05, 4.69) is 194 Å². The van der Waals surface area contributed by atoms with Crippen LogP contribution < -0.4 is 48.7 Å². The van der Waals surface area contributed by atoms with E-state index in [4.69, 9.17) is 9.47 Å². The molecular formula is C70H42N22O2S6. The van der Waals surface area contributed by atoms with Gasteiger partial charge in [0.25, 0.3) is 0 Å². The number of anilines is 16. The standard InChI is InChI=1S/C19H12N4O2.3C17H10N6S2/c1-4-10-14-11(5-1)23-13-7-3-9-21-17(13)25-19(23)15(14)18-22(10)12-6-2-8-20-16(12)24-18;1-2-8-12-9(3-1)23-15-11(5-19-7-21-15)25-17(23)13(12)16-22(8)14-10(24-16)4-18-6-20-14;1-2-8-12-9(3-1)23-11-5-19-7-21-15(11)25-17(23)13(12)16-22(8)10-4-18-6-20-14(10)24-16;1-2-8-10-9(3-1)23-13-15(21-7-5-19-13)25-17(23)11(10)16-22(8)12-14(24-16)20-6-4-18-12/h1-9,15,18-19H;2*1-7,13,16-17H;1-7,11,16-17H. The first kappa shape index (κ1) is 54.6. The summed E-state index contributed by atoms with van der Waals surface area (Å²) in [6.07, 6.45) is 24.7. The van der Waals surface area contributed by atoms with Crippen molar-refractivity contribution in [1.82, 2.24) is 69.8 Å². The van der Waals surface area contributed by atoms with E-state index < -0.39 is 0 Å². The molecule has 8 unspecified atom stereocenters. The third kappa shape index (κ3) is 6.88. The third-order valence-corrected chi connectivity index (χ3v) is 29.1. The summed E-state index contributed by atoms with van der Waals surface area (Å²) < 4.78 is 12.5. The summed E-state index contributed by atoms with van der Waals surface area (Å²) in [7, 11) is 0. The summed E-state index contributed by atoms with van der Waals surface area (Å²) in [5.41, 5.74) is 19.9. The third-order valence-electron chi connectivity index (χ3n) is 21.4. The van der Waals surface area contributed by atoms with Crippen molar-refractivity contribution in [3.05, 3.63) is 207 Å². The molecule has 0 fully saturated rings. The van der Waals surface area contributed by atoms with Crippen LogP contribution in [0.15, 0.2) is 214 Å². The normalized spacial score (nSPS) is 26.2. The number of ether oxygens (including phenoxy) is 2. The lowest BCUT2D eigenvalue weighted by molar-refractivity contribution is 0.122. The summed E-state index contributed by atoms with van der Waals surface area (Å²) in [6, 6.07) is 34.2. The van der Waals surface area contributed by atoms with Gasteiger partial charge in [-0.1, -0.05) is 94.8 Å². The van der Waals surface area contributed by atoms with Crippen LogP contribution in [0.25, 0.3) is 0 Å². The van der Waals surface area contributed by atoms with Crippen molar-refractivity contribution in [2.75, 3.05) is 39.2 Å². The Bertz CT molecular complexity index is 4660. The molecule has 12 aromatic rings. The molecule has 0 bridgehead atoms. The first-order valence-corrected chi connectivity index (χ1v) is 37.9. The number of rotatable bonds is 0. The van der Waals surface area contributed by atoms with E-state index in [-0.39, 0.29) is 18.4 Å². The summed E-state index contributed by atoms with van der Waals surface area (Å²) in [6.45, 7) is 0. The van der Waals surface area contributed by atoms with Crippen LogP contribution in [0.5, 0.6) is 11.8 Å². The van der Waals surface area contributed by atoms with E-state index in [1.54, 1.807) is 62.5 Å². The maximum atomic E-state index is 6.24. The minimum atomic E-state index is -0.134. The molecule has 0 radical (unpaired) electrons. The average Bonchev–Trinajstić information content (AvgIpc) is 1.54. The van der Waals surface area contributed by atoms with Crippen LogP contribution in [0.4, 0.5) is 91.5 Å². The Hall–Kier alpha value is -10.2. The van der Waals surface area contributed by atoms with Gasteiger partial charge in [-0.15, -0.1) is 0 Å². The molecule has 0 amide bonds. The summed E-state index contributed by atoms with van der Waals surface area (Å²) >= 11 is 11.1. The van der Waals surface area contributed by atoms with E-state index in [1.165, 1.54) is 77.5 Å². The molecule has 0 spiro atoms. The molecule has 480 valence electrons. The minimum Gasteiger partial charge on any atom is -0.451 e. The van der Waals surface area contributed by atoms with E-state index in [1.807, 2.05) is 107 Å². The van der Waals surface area contributed by atoms with Gasteiger partial charge < -0.3 is 38.9 Å². The molecule has 28 rings (SSSR count). The highest BCUT2D eigenvalue weighted by molar-refractivity contribution is 8.02. The molecule has 4 aromatic carbocycles. The lowest BCUT2D eigenvalue weighted by Crippen LogP contribution is -2.40. The average molecular weight is 1420 g/mol. The minimum absolute atomic E-state index is 0.0922. The first-order chi connectivity index (χ1) is 49.7. The second-order valence-corrected chi connectivity index (χ2v) is 32.6. The van der Waals surface area contributed by atoms with Crippen LogP contribution in [-0.4, -0.2) is 114 Å². The molecule has 16 aliphatic heterocycles. The number of fused-ring (bicyclic) bond motifs is 40. The second-order valence-electron chi connectivity index (χ2n) is 25.8. The molecule has 24 heterocycles. The second kappa shape index (κ2) is 19.8. The fraction of sp³-hybridized carbons (Fsp3) is 0.171. The maximum absolute atomic E-state index is 6.24. The Morgan fingerprint density at radius 1 is 0.260 bits per heavy atom. The SMILES string of the molecule is c1cc2c3c(c1)N1c4cncnc4SC1C3C1Sc3ncncc3N21.c1cc2c3c(c1)N1c4nccnc4SC1C3C1Sc3nccnc3N21.c1cc2c3c(c1)N1c4ncncc4SC1C3C1Sc3cncnc3N21.c1cnc2c(c1)N1c3cccc4c3C(C1O2)C1Oc2ncccc2N41. The Kier molecular flexibility index (Phi) is 10.8. The quantitative estimate of drug-likeness (QED) is 0.129. The molecule has 16 aliphatic rings. The molecule has 100 heavy (non-hydrogen) atoms. The lowest BCUT2D eigenvalue weighted by atomic mass is 10.0. The van der Waals surface area contributed by atoms with Gasteiger partial charge in [-0.25, -0.2) is 69.8 Å². The molecule has 0 saturated heterocycles. The number of aromatic nitrogens is 14. The van der Waals surface area contributed by atoms with Crippen molar-refractivity contribution in [1.29, 1.82) is 0 Å². The number of pyridine rings is 2. The van der Waals surface area contributed by atoms with Crippen molar-refractivity contribution < 1.29 is 9.47 Å². The van der Waals surface area contributed by atoms with Crippen molar-refractivity contribution in [2.45, 2.75) is 98.3 Å². The van der Waals surface area contributed by atoms with Crippen molar-refractivity contribution in [2.24, 2.45) is 0 Å². The molecule has 30 heteroatoms. The Morgan fingerprint density at radius 3 is 1.05 bits per heavy atom. The topological polar surface area (TPSA) is 225 Å². The molecule has 0 aliphatic carbocycles. The molecule has 8 atom stereocenters. The van der Waals surface area contributed by atoms with Crippen LogP contribution in [0, 0.1) is 0 Å². The van der Waals surface area contributed by atoms with E-state index in [9.17, 15) is 0 Å². The van der Waals surface area contributed by atoms with E-state index in [0.29, 0.717) is 61.8 Å². The van der Waals surface area contributed by atoms with Crippen LogP contribution in [-0.2, 0) is 0 Å². The molecule has 0 saturated carbocycles. The van der Waals surface area contributed by atoms with Gasteiger partial charge in [-0.05, 0) is 72.8 Å². The van der Waals surface area contributed by atoms with Crippen LogP contribution >= 0.6 is 70.6 Å². The Balaban J connectivity index is 0.0000000789. The van der Waals surface area contributed by atoms with Crippen molar-refractivity contribution in [3.63, 3.8) is 0 Å². The van der Waals surface area contributed by atoms with Gasteiger partial charge in [0.15, 0.2) is 35.7 Å². The van der Waals surface area contributed by atoms with Gasteiger partial charge in [0.2, 0.25) is 11.8 Å². The highest BCUT2D eigenvalue weighted by Gasteiger charge is 2.63. The van der Waals surface area contributed by atoms with Gasteiger partial charge in [-0.2, -0.15) is 0 Å². The number of nitrogens with zero attached hydrogens (tertiary/aromatic N) is 22. The maximum Gasteiger partial charge on any atom is 0.240 e. The summed E-state index contributed by atoms with van der Waals surface area (Å²) in [4.78, 5) is 83.4. The molecule has 0 N–H and O–H groups in total. The predicted octanol–water partition coefficient (Wildman–Crippen LogP) is 13.9. The largest absolute Gasteiger partial charge is 0.451 e. The number of benzene rings is 4. The Labute approximate surface area is 592 Å². The van der Waals surface area contributed by atoms with Gasteiger partial charge in [-0.3, -0.25) is 9.80 Å². The van der Waals surface area contributed by atoms with Gasteiger partial charge >= 0.3 is 0 Å². The highest BCUT2D eigenvalue weighted by Crippen LogP contribution is 2.73. The number of hydrogen-bond acceptors (Lipinski definition) is 30. The first-order valence-electron chi connectivity index (χ1n) is 32.6. The van der Waals surface area contributed by atoms with Gasteiger partial charge in [0.1, 0.15) is 62.7 Å². The summed E-state index contributed by atoms with van der Waals surface area (Å²) in [5, 5.41) is 6.11. The summed E-state index contributed by atoms with van der Waals surface area (Å²) in [5.74, 6) is 6.73. The fourth-order valence-corrected chi connectivity index (χ4v) is 26.5. The van der Waals surface area contributed by atoms with Gasteiger partial charge in [0, 0.05) is 124 Å².